The van der Waals surface area contributed by atoms with E-state index in [1.807, 2.05) is 12.1 Å². The maximum absolute atomic E-state index is 12.2. The van der Waals surface area contributed by atoms with Gasteiger partial charge in [0.2, 0.25) is 5.91 Å². The largest absolute Gasteiger partial charge is 0.384 e. The van der Waals surface area contributed by atoms with Gasteiger partial charge in [-0.3, -0.25) is 4.79 Å². The van der Waals surface area contributed by atoms with Crippen LogP contribution in [0, 0.1) is 11.8 Å². The summed E-state index contributed by atoms with van der Waals surface area (Å²) in [7, 11) is 0. The molecule has 0 aromatic heterocycles. The molecule has 0 aliphatic carbocycles. The normalized spacial score (nSPS) is 17.2. The molecule has 0 saturated carbocycles. The predicted octanol–water partition coefficient (Wildman–Crippen LogP) is 2.45. The third kappa shape index (κ3) is 5.05. The second-order valence-corrected chi connectivity index (χ2v) is 6.05. The van der Waals surface area contributed by atoms with Gasteiger partial charge >= 0.3 is 0 Å². The number of rotatable bonds is 7. The molecule has 0 bridgehead atoms. The monoisotopic (exact) mass is 290 g/mol. The molecule has 0 spiro atoms. The molecule has 21 heavy (non-hydrogen) atoms. The fourth-order valence-corrected chi connectivity index (χ4v) is 2.48. The zero-order chi connectivity index (χ0) is 15.1. The van der Waals surface area contributed by atoms with E-state index >= 15 is 0 Å². The second kappa shape index (κ2) is 8.03. The minimum absolute atomic E-state index is 0.0245. The number of carbonyl (C=O) groups is 1. The Balaban J connectivity index is 1.66. The van der Waals surface area contributed by atoms with E-state index in [1.165, 1.54) is 5.56 Å². The maximum Gasteiger partial charge on any atom is 0.225 e. The number of anilines is 1. The zero-order valence-electron chi connectivity index (χ0n) is 13.0. The van der Waals surface area contributed by atoms with Gasteiger partial charge in [0.25, 0.3) is 0 Å². The molecule has 1 aliphatic rings. The standard InChI is InChI=1S/C17H26N2O2/c1-13(2)12-21-9-5-8-18-17(20)15-10-14-6-3-4-7-16(14)19-11-15/h3-4,6-7,13,15,19H,5,8-12H2,1-2H3,(H,18,20). The molecule has 1 amide bonds. The van der Waals surface area contributed by atoms with Gasteiger partial charge in [0.15, 0.2) is 0 Å². The number of carbonyl (C=O) groups excluding carboxylic acids is 1. The van der Waals surface area contributed by atoms with Gasteiger partial charge in [-0.15, -0.1) is 0 Å². The van der Waals surface area contributed by atoms with Crippen molar-refractivity contribution in [3.05, 3.63) is 29.8 Å². The molecule has 1 aromatic carbocycles. The van der Waals surface area contributed by atoms with Crippen LogP contribution in [0.4, 0.5) is 5.69 Å². The Morgan fingerprint density at radius 2 is 2.24 bits per heavy atom. The fraction of sp³-hybridized carbons (Fsp3) is 0.588. The smallest absolute Gasteiger partial charge is 0.225 e. The van der Waals surface area contributed by atoms with E-state index in [4.69, 9.17) is 4.74 Å². The zero-order valence-corrected chi connectivity index (χ0v) is 13.0. The summed E-state index contributed by atoms with van der Waals surface area (Å²) >= 11 is 0. The summed E-state index contributed by atoms with van der Waals surface area (Å²) in [4.78, 5) is 12.2. The van der Waals surface area contributed by atoms with Crippen molar-refractivity contribution in [3.8, 4) is 0 Å². The van der Waals surface area contributed by atoms with Crippen molar-refractivity contribution in [2.24, 2.45) is 11.8 Å². The second-order valence-electron chi connectivity index (χ2n) is 6.05. The third-order valence-electron chi connectivity index (χ3n) is 3.61. The highest BCUT2D eigenvalue weighted by atomic mass is 16.5. The lowest BCUT2D eigenvalue weighted by atomic mass is 9.93. The van der Waals surface area contributed by atoms with Crippen LogP contribution in [0.15, 0.2) is 24.3 Å². The van der Waals surface area contributed by atoms with Gasteiger partial charge in [-0.25, -0.2) is 0 Å². The van der Waals surface area contributed by atoms with E-state index < -0.39 is 0 Å². The topological polar surface area (TPSA) is 50.4 Å². The number of ether oxygens (including phenoxy) is 1. The van der Waals surface area contributed by atoms with Gasteiger partial charge in [0.1, 0.15) is 0 Å². The Morgan fingerprint density at radius 3 is 3.05 bits per heavy atom. The van der Waals surface area contributed by atoms with Crippen molar-refractivity contribution in [1.82, 2.24) is 5.32 Å². The highest BCUT2D eigenvalue weighted by Gasteiger charge is 2.23. The molecular weight excluding hydrogens is 264 g/mol. The number of para-hydroxylation sites is 1. The van der Waals surface area contributed by atoms with Gasteiger partial charge < -0.3 is 15.4 Å². The summed E-state index contributed by atoms with van der Waals surface area (Å²) in [5.41, 5.74) is 2.38. The molecule has 0 saturated heterocycles. The number of fused-ring (bicyclic) bond motifs is 1. The minimum Gasteiger partial charge on any atom is -0.384 e. The molecule has 0 radical (unpaired) electrons. The van der Waals surface area contributed by atoms with E-state index in [-0.39, 0.29) is 11.8 Å². The summed E-state index contributed by atoms with van der Waals surface area (Å²) in [6.07, 6.45) is 1.69. The van der Waals surface area contributed by atoms with Crippen molar-refractivity contribution >= 4 is 11.6 Å². The van der Waals surface area contributed by atoms with Crippen LogP contribution < -0.4 is 10.6 Å². The SMILES string of the molecule is CC(C)COCCCNC(=O)C1CNc2ccccc2C1. The van der Waals surface area contributed by atoms with Crippen LogP contribution in [-0.4, -0.2) is 32.2 Å². The molecule has 4 heteroatoms. The maximum atomic E-state index is 12.2. The van der Waals surface area contributed by atoms with Crippen LogP contribution in [0.5, 0.6) is 0 Å². The molecule has 2 rings (SSSR count). The molecule has 4 nitrogen and oxygen atoms in total. The van der Waals surface area contributed by atoms with Crippen LogP contribution in [0.1, 0.15) is 25.8 Å². The average molecular weight is 290 g/mol. The van der Waals surface area contributed by atoms with Gasteiger partial charge in [-0.2, -0.15) is 0 Å². The number of amides is 1. The molecule has 1 aliphatic heterocycles. The van der Waals surface area contributed by atoms with Crippen LogP contribution in [0.2, 0.25) is 0 Å². The summed E-state index contributed by atoms with van der Waals surface area (Å²) in [5.74, 6) is 0.727. The van der Waals surface area contributed by atoms with Crippen molar-refractivity contribution in [1.29, 1.82) is 0 Å². The Hall–Kier alpha value is -1.55. The molecule has 1 heterocycles. The van der Waals surface area contributed by atoms with Crippen LogP contribution in [0.25, 0.3) is 0 Å². The first-order chi connectivity index (χ1) is 10.2. The average Bonchev–Trinajstić information content (AvgIpc) is 2.49. The van der Waals surface area contributed by atoms with Crippen LogP contribution in [0.3, 0.4) is 0 Å². The first kappa shape index (κ1) is 15.8. The minimum atomic E-state index is 0.0245. The van der Waals surface area contributed by atoms with Crippen molar-refractivity contribution in [2.75, 3.05) is 31.6 Å². The van der Waals surface area contributed by atoms with Crippen molar-refractivity contribution < 1.29 is 9.53 Å². The first-order valence-electron chi connectivity index (χ1n) is 7.84. The van der Waals surface area contributed by atoms with Crippen LogP contribution in [-0.2, 0) is 16.0 Å². The lowest BCUT2D eigenvalue weighted by molar-refractivity contribution is -0.124. The molecule has 116 valence electrons. The predicted molar refractivity (Wildman–Crippen MR) is 85.4 cm³/mol. The van der Waals surface area contributed by atoms with E-state index in [9.17, 15) is 4.79 Å². The van der Waals surface area contributed by atoms with Gasteiger partial charge in [0, 0.05) is 32.0 Å². The summed E-state index contributed by atoms with van der Waals surface area (Å²) in [6.45, 7) is 7.18. The van der Waals surface area contributed by atoms with E-state index in [0.29, 0.717) is 25.6 Å². The Bertz CT molecular complexity index is 460. The Kier molecular flexibility index (Phi) is 6.05. The van der Waals surface area contributed by atoms with Crippen LogP contribution >= 0.6 is 0 Å². The summed E-state index contributed by atoms with van der Waals surface area (Å²) < 4.78 is 5.51. The number of benzene rings is 1. The summed E-state index contributed by atoms with van der Waals surface area (Å²) in [6, 6.07) is 8.19. The van der Waals surface area contributed by atoms with Gasteiger partial charge in [-0.1, -0.05) is 32.0 Å². The third-order valence-corrected chi connectivity index (χ3v) is 3.61. The number of hydrogen-bond donors (Lipinski definition) is 2. The number of hydrogen-bond acceptors (Lipinski definition) is 3. The molecular formula is C17H26N2O2. The van der Waals surface area contributed by atoms with E-state index in [1.54, 1.807) is 0 Å². The van der Waals surface area contributed by atoms with Gasteiger partial charge in [-0.05, 0) is 30.4 Å². The Labute approximate surface area is 127 Å². The highest BCUT2D eigenvalue weighted by molar-refractivity contribution is 5.80. The van der Waals surface area contributed by atoms with Crippen molar-refractivity contribution in [2.45, 2.75) is 26.7 Å². The molecule has 0 fully saturated rings. The molecule has 2 N–H and O–H groups in total. The molecule has 1 unspecified atom stereocenters. The molecule has 1 aromatic rings. The molecule has 1 atom stereocenters. The van der Waals surface area contributed by atoms with E-state index in [2.05, 4.69) is 36.6 Å². The Morgan fingerprint density at radius 1 is 1.43 bits per heavy atom. The van der Waals surface area contributed by atoms with Crippen molar-refractivity contribution in [3.63, 3.8) is 0 Å². The summed E-state index contributed by atoms with van der Waals surface area (Å²) in [5, 5.41) is 6.34. The lowest BCUT2D eigenvalue weighted by Gasteiger charge is -2.25. The van der Waals surface area contributed by atoms with E-state index in [0.717, 1.165) is 25.1 Å². The number of nitrogens with one attached hydrogen (secondary N) is 2. The highest BCUT2D eigenvalue weighted by Crippen LogP contribution is 2.24. The van der Waals surface area contributed by atoms with Gasteiger partial charge in [0.05, 0.1) is 5.92 Å². The fourth-order valence-electron chi connectivity index (χ4n) is 2.48. The first-order valence-corrected chi connectivity index (χ1v) is 7.84. The quantitative estimate of drug-likeness (QED) is 0.758. The lowest BCUT2D eigenvalue weighted by Crippen LogP contribution is -2.38.